The molecule has 0 bridgehead atoms. The van der Waals surface area contributed by atoms with Crippen LogP contribution in [0.5, 0.6) is 0 Å². The molecule has 2 heterocycles. The minimum absolute atomic E-state index is 0.00679. The van der Waals surface area contributed by atoms with E-state index < -0.39 is 11.7 Å². The minimum Gasteiger partial charge on any atom is -0.466 e. The first-order chi connectivity index (χ1) is 11.7. The van der Waals surface area contributed by atoms with E-state index in [4.69, 9.17) is 20.4 Å². The standard InChI is InChI=1S/C17H12ClF3N2O2/c1-9-6-13(10(2)24-9)15-22-23-16(25-15)14(18)8-11-4-3-5-12(7-11)17(19,20)21/h3-8H,1-2H3/b14-8-. The van der Waals surface area contributed by atoms with Gasteiger partial charge in [0.1, 0.15) is 16.6 Å². The monoisotopic (exact) mass is 368 g/mol. The number of furan rings is 1. The van der Waals surface area contributed by atoms with Crippen LogP contribution in [0.1, 0.15) is 28.5 Å². The van der Waals surface area contributed by atoms with Crippen molar-refractivity contribution in [2.75, 3.05) is 0 Å². The number of halogens is 4. The summed E-state index contributed by atoms with van der Waals surface area (Å²) in [7, 11) is 0. The smallest absolute Gasteiger partial charge is 0.416 e. The van der Waals surface area contributed by atoms with Gasteiger partial charge in [0.2, 0.25) is 0 Å². The largest absolute Gasteiger partial charge is 0.466 e. The second kappa shape index (κ2) is 6.40. The molecule has 0 fully saturated rings. The Morgan fingerprint density at radius 3 is 2.52 bits per heavy atom. The van der Waals surface area contributed by atoms with E-state index in [-0.39, 0.29) is 22.4 Å². The molecule has 3 rings (SSSR count). The highest BCUT2D eigenvalue weighted by molar-refractivity contribution is 6.50. The zero-order valence-corrected chi connectivity index (χ0v) is 13.9. The van der Waals surface area contributed by atoms with E-state index in [0.29, 0.717) is 17.1 Å². The van der Waals surface area contributed by atoms with Crippen molar-refractivity contribution >= 4 is 22.7 Å². The number of aryl methyl sites for hydroxylation is 2. The zero-order valence-electron chi connectivity index (χ0n) is 13.2. The molecule has 0 radical (unpaired) electrons. The quantitative estimate of drug-likeness (QED) is 0.594. The fourth-order valence-corrected chi connectivity index (χ4v) is 2.49. The maximum atomic E-state index is 12.8. The molecule has 0 atom stereocenters. The van der Waals surface area contributed by atoms with Gasteiger partial charge in [-0.05, 0) is 43.7 Å². The lowest BCUT2D eigenvalue weighted by atomic mass is 10.1. The molecule has 3 aromatic rings. The number of alkyl halides is 3. The van der Waals surface area contributed by atoms with Crippen molar-refractivity contribution in [2.45, 2.75) is 20.0 Å². The van der Waals surface area contributed by atoms with Crippen LogP contribution in [-0.2, 0) is 6.18 Å². The van der Waals surface area contributed by atoms with Gasteiger partial charge in [-0.2, -0.15) is 13.2 Å². The Labute approximate surface area is 145 Å². The molecular formula is C17H12ClF3N2O2. The van der Waals surface area contributed by atoms with E-state index in [1.807, 2.05) is 0 Å². The normalized spacial score (nSPS) is 12.6. The van der Waals surface area contributed by atoms with E-state index in [2.05, 4.69) is 10.2 Å². The zero-order chi connectivity index (χ0) is 18.2. The van der Waals surface area contributed by atoms with Crippen LogP contribution in [0.25, 0.3) is 22.6 Å². The van der Waals surface area contributed by atoms with Crippen molar-refractivity contribution in [3.05, 3.63) is 58.9 Å². The molecule has 25 heavy (non-hydrogen) atoms. The maximum Gasteiger partial charge on any atom is 0.416 e. The molecule has 0 aliphatic heterocycles. The van der Waals surface area contributed by atoms with Crippen LogP contribution in [0.2, 0.25) is 0 Å². The summed E-state index contributed by atoms with van der Waals surface area (Å²) in [6.45, 7) is 3.54. The topological polar surface area (TPSA) is 52.1 Å². The summed E-state index contributed by atoms with van der Waals surface area (Å²) in [6.07, 6.45) is -3.09. The lowest BCUT2D eigenvalue weighted by Gasteiger charge is -2.06. The molecule has 0 aliphatic carbocycles. The third-order valence-corrected chi connectivity index (χ3v) is 3.68. The van der Waals surface area contributed by atoms with Gasteiger partial charge < -0.3 is 8.83 Å². The van der Waals surface area contributed by atoms with Gasteiger partial charge >= 0.3 is 6.18 Å². The van der Waals surface area contributed by atoms with E-state index in [9.17, 15) is 13.2 Å². The van der Waals surface area contributed by atoms with Crippen molar-refractivity contribution in [3.8, 4) is 11.5 Å². The van der Waals surface area contributed by atoms with Crippen molar-refractivity contribution in [3.63, 3.8) is 0 Å². The van der Waals surface area contributed by atoms with Crippen LogP contribution < -0.4 is 0 Å². The number of aromatic nitrogens is 2. The van der Waals surface area contributed by atoms with Crippen molar-refractivity contribution in [1.29, 1.82) is 0 Å². The highest BCUT2D eigenvalue weighted by Gasteiger charge is 2.30. The third kappa shape index (κ3) is 3.76. The SMILES string of the molecule is Cc1cc(-c2nnc(/C(Cl)=C/c3cccc(C(F)(F)F)c3)o2)c(C)o1. The second-order valence-corrected chi connectivity index (χ2v) is 5.76. The van der Waals surface area contributed by atoms with Gasteiger partial charge in [-0.25, -0.2) is 0 Å². The van der Waals surface area contributed by atoms with Crippen molar-refractivity contribution < 1.29 is 22.0 Å². The molecule has 0 saturated heterocycles. The summed E-state index contributed by atoms with van der Waals surface area (Å²) in [4.78, 5) is 0. The summed E-state index contributed by atoms with van der Waals surface area (Å²) in [5.74, 6) is 1.54. The Bertz CT molecular complexity index is 942. The van der Waals surface area contributed by atoms with Crippen LogP contribution in [0.4, 0.5) is 13.2 Å². The summed E-state index contributed by atoms with van der Waals surface area (Å²) < 4.78 is 49.2. The molecule has 0 spiro atoms. The Kier molecular flexibility index (Phi) is 4.43. The average Bonchev–Trinajstić information content (AvgIpc) is 3.13. The van der Waals surface area contributed by atoms with E-state index in [1.54, 1.807) is 19.9 Å². The Morgan fingerprint density at radius 1 is 1.12 bits per heavy atom. The lowest BCUT2D eigenvalue weighted by Crippen LogP contribution is -2.04. The van der Waals surface area contributed by atoms with Gasteiger partial charge in [-0.3, -0.25) is 0 Å². The first kappa shape index (κ1) is 17.3. The van der Waals surface area contributed by atoms with E-state index >= 15 is 0 Å². The van der Waals surface area contributed by atoms with Crippen molar-refractivity contribution in [2.24, 2.45) is 0 Å². The molecule has 130 valence electrons. The fraction of sp³-hybridized carbons (Fsp3) is 0.176. The Hall–Kier alpha value is -2.54. The first-order valence-corrected chi connectivity index (χ1v) is 7.57. The Morgan fingerprint density at radius 2 is 1.88 bits per heavy atom. The van der Waals surface area contributed by atoms with Gasteiger partial charge in [0.15, 0.2) is 0 Å². The molecule has 0 N–H and O–H groups in total. The van der Waals surface area contributed by atoms with Crippen LogP contribution in [0.3, 0.4) is 0 Å². The first-order valence-electron chi connectivity index (χ1n) is 7.20. The number of hydrogen-bond acceptors (Lipinski definition) is 4. The van der Waals surface area contributed by atoms with E-state index in [0.717, 1.165) is 12.1 Å². The third-order valence-electron chi connectivity index (χ3n) is 3.41. The number of rotatable bonds is 3. The fourth-order valence-electron chi connectivity index (χ4n) is 2.28. The van der Waals surface area contributed by atoms with Gasteiger partial charge in [0, 0.05) is 0 Å². The van der Waals surface area contributed by atoms with Crippen molar-refractivity contribution in [1.82, 2.24) is 10.2 Å². The molecule has 2 aromatic heterocycles. The van der Waals surface area contributed by atoms with E-state index in [1.165, 1.54) is 18.2 Å². The highest BCUT2D eigenvalue weighted by atomic mass is 35.5. The number of hydrogen-bond donors (Lipinski definition) is 0. The number of nitrogens with zero attached hydrogens (tertiary/aromatic N) is 2. The molecular weight excluding hydrogens is 357 g/mol. The van der Waals surface area contributed by atoms with Crippen LogP contribution in [0, 0.1) is 13.8 Å². The van der Waals surface area contributed by atoms with Gasteiger partial charge in [0.05, 0.1) is 11.1 Å². The van der Waals surface area contributed by atoms with Gasteiger partial charge in [0.25, 0.3) is 11.8 Å². The van der Waals surface area contributed by atoms with Crippen LogP contribution >= 0.6 is 11.6 Å². The minimum atomic E-state index is -4.43. The summed E-state index contributed by atoms with van der Waals surface area (Å²) in [5.41, 5.74) is 0.149. The lowest BCUT2D eigenvalue weighted by molar-refractivity contribution is -0.137. The maximum absolute atomic E-state index is 12.8. The highest BCUT2D eigenvalue weighted by Crippen LogP contribution is 2.32. The molecule has 4 nitrogen and oxygen atoms in total. The van der Waals surface area contributed by atoms with Crippen LogP contribution in [-0.4, -0.2) is 10.2 Å². The Balaban J connectivity index is 1.90. The second-order valence-electron chi connectivity index (χ2n) is 5.35. The predicted octanol–water partition coefficient (Wildman–Crippen LogP) is 5.70. The molecule has 0 saturated carbocycles. The molecule has 0 aliphatic rings. The summed E-state index contributed by atoms with van der Waals surface area (Å²) in [5, 5.41) is 7.77. The molecule has 0 unspecified atom stereocenters. The number of benzene rings is 1. The average molecular weight is 369 g/mol. The van der Waals surface area contributed by atoms with Gasteiger partial charge in [-0.1, -0.05) is 23.7 Å². The van der Waals surface area contributed by atoms with Crippen LogP contribution in [0.15, 0.2) is 39.2 Å². The molecule has 0 amide bonds. The molecule has 1 aromatic carbocycles. The molecule has 8 heteroatoms. The predicted molar refractivity (Wildman–Crippen MR) is 86.6 cm³/mol. The summed E-state index contributed by atoms with van der Waals surface area (Å²) >= 11 is 6.11. The van der Waals surface area contributed by atoms with Gasteiger partial charge in [-0.15, -0.1) is 10.2 Å². The summed E-state index contributed by atoms with van der Waals surface area (Å²) in [6, 6.07) is 6.52.